The predicted molar refractivity (Wildman–Crippen MR) is 217 cm³/mol. The molecule has 0 spiro atoms. The zero-order chi connectivity index (χ0) is 33.8. The number of halogens is 2. The third-order valence-corrected chi connectivity index (χ3v) is 10.6. The van der Waals surface area contributed by atoms with Crippen molar-refractivity contribution in [2.75, 3.05) is 13.2 Å². The minimum absolute atomic E-state index is 0.733. The molecule has 0 N–H and O–H groups in total. The van der Waals surface area contributed by atoms with E-state index in [1.807, 2.05) is 0 Å². The van der Waals surface area contributed by atoms with Crippen LogP contribution in [0.25, 0.3) is 32.7 Å². The number of benzene rings is 4. The van der Waals surface area contributed by atoms with E-state index >= 15 is 0 Å². The second-order valence-electron chi connectivity index (χ2n) is 13.7. The number of hydrogen-bond acceptors (Lipinski definition) is 2. The number of rotatable bonds is 25. The molecular weight excluding hydrogens is 720 g/mol. The second-order valence-corrected chi connectivity index (χ2v) is 15.5. The van der Waals surface area contributed by atoms with E-state index in [0.29, 0.717) is 0 Å². The molecule has 4 heteroatoms. The summed E-state index contributed by atoms with van der Waals surface area (Å²) in [6, 6.07) is 21.9. The summed E-state index contributed by atoms with van der Waals surface area (Å²) in [7, 11) is 0. The van der Waals surface area contributed by atoms with Gasteiger partial charge < -0.3 is 9.47 Å². The summed E-state index contributed by atoms with van der Waals surface area (Å²) < 4.78 is 15.5. The van der Waals surface area contributed by atoms with Gasteiger partial charge in [-0.1, -0.05) is 186 Å². The molecule has 0 aromatic heterocycles. The highest BCUT2D eigenvalue weighted by atomic mass is 79.9. The van der Waals surface area contributed by atoms with Crippen molar-refractivity contribution in [3.05, 3.63) is 69.6 Å². The van der Waals surface area contributed by atoms with Gasteiger partial charge in [0.15, 0.2) is 0 Å². The van der Waals surface area contributed by atoms with Crippen molar-refractivity contribution in [2.24, 2.45) is 0 Å². The van der Waals surface area contributed by atoms with Gasteiger partial charge in [-0.15, -0.1) is 0 Å². The van der Waals surface area contributed by atoms with Crippen LogP contribution in [-0.4, -0.2) is 13.2 Å². The van der Waals surface area contributed by atoms with E-state index in [0.717, 1.165) is 57.6 Å². The molecule has 0 radical (unpaired) electrons. The molecule has 0 aliphatic heterocycles. The van der Waals surface area contributed by atoms with Crippen LogP contribution < -0.4 is 9.47 Å². The fraction of sp³-hybridized carbons (Fsp3) is 0.545. The molecule has 0 atom stereocenters. The number of ether oxygens (including phenoxy) is 2. The van der Waals surface area contributed by atoms with Crippen LogP contribution in [0.3, 0.4) is 0 Å². The molecule has 0 amide bonds. The molecular formula is C44H60Br2O2. The Bertz CT molecular complexity index is 1380. The van der Waals surface area contributed by atoms with Crippen molar-refractivity contribution >= 4 is 53.4 Å². The Kier molecular flexibility index (Phi) is 18.3. The van der Waals surface area contributed by atoms with E-state index in [1.165, 1.54) is 137 Å². The standard InChI is InChI=1S/C44H60Br2O2/c1-3-5-7-9-11-13-15-17-19-21-31-47-41-29-23-35-33-37(45)25-27-39(35)43(41)44-40-28-26-38(46)34-36(40)24-30-42(44)48-32-22-20-18-16-14-12-10-8-6-4-2/h23-30,33-34H,3-22,31-32H2,1-2H3. The number of unbranched alkanes of at least 4 members (excludes halogenated alkanes) is 18. The molecule has 48 heavy (non-hydrogen) atoms. The Labute approximate surface area is 309 Å². The molecule has 0 aliphatic rings. The second kappa shape index (κ2) is 22.6. The van der Waals surface area contributed by atoms with Gasteiger partial charge in [0, 0.05) is 20.1 Å². The maximum absolute atomic E-state index is 6.66. The van der Waals surface area contributed by atoms with E-state index < -0.39 is 0 Å². The summed E-state index contributed by atoms with van der Waals surface area (Å²) in [5.74, 6) is 1.89. The Balaban J connectivity index is 1.46. The smallest absolute Gasteiger partial charge is 0.127 e. The minimum Gasteiger partial charge on any atom is -0.493 e. The first-order valence-electron chi connectivity index (χ1n) is 19.3. The molecule has 0 fully saturated rings. The summed E-state index contributed by atoms with van der Waals surface area (Å²) in [5, 5.41) is 4.77. The molecule has 2 nitrogen and oxygen atoms in total. The number of fused-ring (bicyclic) bond motifs is 2. The van der Waals surface area contributed by atoms with Crippen molar-refractivity contribution in [3.8, 4) is 22.6 Å². The maximum Gasteiger partial charge on any atom is 0.127 e. The molecule has 4 aromatic rings. The van der Waals surface area contributed by atoms with Gasteiger partial charge in [-0.25, -0.2) is 0 Å². The van der Waals surface area contributed by atoms with Crippen LogP contribution in [0.15, 0.2) is 69.6 Å². The molecule has 0 saturated heterocycles. The third-order valence-electron chi connectivity index (χ3n) is 9.65. The molecule has 4 rings (SSSR count). The van der Waals surface area contributed by atoms with E-state index in [1.54, 1.807) is 0 Å². The van der Waals surface area contributed by atoms with Gasteiger partial charge in [0.25, 0.3) is 0 Å². The van der Waals surface area contributed by atoms with Gasteiger partial charge in [-0.05, 0) is 70.8 Å². The molecule has 0 bridgehead atoms. The minimum atomic E-state index is 0.733. The van der Waals surface area contributed by atoms with Crippen molar-refractivity contribution < 1.29 is 9.47 Å². The van der Waals surface area contributed by atoms with E-state index in [9.17, 15) is 0 Å². The fourth-order valence-corrected chi connectivity index (χ4v) is 7.62. The summed E-state index contributed by atoms with van der Waals surface area (Å²) in [6.45, 7) is 6.04. The first-order chi connectivity index (χ1) is 23.6. The summed E-state index contributed by atoms with van der Waals surface area (Å²) in [6.07, 6.45) is 26.4. The molecule has 4 aromatic carbocycles. The normalized spacial score (nSPS) is 11.5. The Hall–Kier alpha value is -2.04. The lowest BCUT2D eigenvalue weighted by atomic mass is 9.92. The van der Waals surface area contributed by atoms with Crippen molar-refractivity contribution in [2.45, 2.75) is 142 Å². The van der Waals surface area contributed by atoms with Crippen LogP contribution in [0.2, 0.25) is 0 Å². The molecule has 0 heterocycles. The third kappa shape index (κ3) is 12.7. The molecule has 0 saturated carbocycles. The van der Waals surface area contributed by atoms with Crippen LogP contribution in [0.1, 0.15) is 142 Å². The summed E-state index contributed by atoms with van der Waals surface area (Å²) >= 11 is 7.41. The van der Waals surface area contributed by atoms with Crippen LogP contribution in [0.4, 0.5) is 0 Å². The number of hydrogen-bond donors (Lipinski definition) is 0. The molecule has 262 valence electrons. The lowest BCUT2D eigenvalue weighted by molar-refractivity contribution is 0.301. The van der Waals surface area contributed by atoms with Gasteiger partial charge in [-0.3, -0.25) is 0 Å². The highest BCUT2D eigenvalue weighted by Gasteiger charge is 2.19. The Morgan fingerprint density at radius 2 is 0.729 bits per heavy atom. The van der Waals surface area contributed by atoms with E-state index in [-0.39, 0.29) is 0 Å². The first kappa shape index (κ1) is 38.8. The zero-order valence-corrected chi connectivity index (χ0v) is 33.1. The van der Waals surface area contributed by atoms with Gasteiger partial charge in [0.2, 0.25) is 0 Å². The Morgan fingerprint density at radius 3 is 1.08 bits per heavy atom. The van der Waals surface area contributed by atoms with Gasteiger partial charge >= 0.3 is 0 Å². The average molecular weight is 781 g/mol. The van der Waals surface area contributed by atoms with Crippen LogP contribution in [-0.2, 0) is 0 Å². The first-order valence-corrected chi connectivity index (χ1v) is 20.9. The monoisotopic (exact) mass is 778 g/mol. The quantitative estimate of drug-likeness (QED) is 0.0624. The van der Waals surface area contributed by atoms with Gasteiger partial charge in [0.05, 0.1) is 13.2 Å². The summed E-state index contributed by atoms with van der Waals surface area (Å²) in [5.41, 5.74) is 2.27. The Morgan fingerprint density at radius 1 is 0.396 bits per heavy atom. The molecule has 0 aliphatic carbocycles. The highest BCUT2D eigenvalue weighted by molar-refractivity contribution is 9.10. The van der Waals surface area contributed by atoms with Gasteiger partial charge in [-0.2, -0.15) is 0 Å². The summed E-state index contributed by atoms with van der Waals surface area (Å²) in [4.78, 5) is 0. The predicted octanol–water partition coefficient (Wildman–Crippen LogP) is 15.8. The highest BCUT2D eigenvalue weighted by Crippen LogP contribution is 2.46. The van der Waals surface area contributed by atoms with Crippen molar-refractivity contribution in [1.29, 1.82) is 0 Å². The fourth-order valence-electron chi connectivity index (χ4n) is 6.86. The lowest BCUT2D eigenvalue weighted by Crippen LogP contribution is -2.03. The lowest BCUT2D eigenvalue weighted by Gasteiger charge is -2.20. The topological polar surface area (TPSA) is 18.5 Å². The SMILES string of the molecule is CCCCCCCCCCCCOc1ccc2cc(Br)ccc2c1-c1c(OCCCCCCCCCCCC)ccc2cc(Br)ccc12. The van der Waals surface area contributed by atoms with Crippen LogP contribution in [0.5, 0.6) is 11.5 Å². The largest absolute Gasteiger partial charge is 0.493 e. The van der Waals surface area contributed by atoms with Gasteiger partial charge in [0.1, 0.15) is 11.5 Å². The maximum atomic E-state index is 6.66. The average Bonchev–Trinajstić information content (AvgIpc) is 3.09. The van der Waals surface area contributed by atoms with Crippen LogP contribution in [0, 0.1) is 0 Å². The van der Waals surface area contributed by atoms with Crippen molar-refractivity contribution in [1.82, 2.24) is 0 Å². The van der Waals surface area contributed by atoms with Crippen LogP contribution >= 0.6 is 31.9 Å². The van der Waals surface area contributed by atoms with Crippen molar-refractivity contribution in [3.63, 3.8) is 0 Å². The zero-order valence-electron chi connectivity index (χ0n) is 29.9. The van der Waals surface area contributed by atoms with E-state index in [4.69, 9.17) is 9.47 Å². The van der Waals surface area contributed by atoms with E-state index in [2.05, 4.69) is 106 Å². The molecule has 0 unspecified atom stereocenters.